The minimum Gasteiger partial charge on any atom is -0.300 e. The van der Waals surface area contributed by atoms with E-state index >= 15 is 0 Å². The van der Waals surface area contributed by atoms with E-state index in [0.29, 0.717) is 5.13 Å². The molecule has 1 amide bonds. The number of aromatic nitrogens is 2. The van der Waals surface area contributed by atoms with E-state index in [-0.39, 0.29) is 17.2 Å². The minimum atomic E-state index is 0.0828. The van der Waals surface area contributed by atoms with Crippen LogP contribution in [0, 0.1) is 11.3 Å². The van der Waals surface area contributed by atoms with Gasteiger partial charge in [-0.15, -0.1) is 10.2 Å². The molecule has 0 unspecified atom stereocenters. The lowest BCUT2D eigenvalue weighted by atomic mass is 9.93. The number of amides is 1. The Labute approximate surface area is 126 Å². The summed E-state index contributed by atoms with van der Waals surface area (Å²) in [5.41, 5.74) is 0.188. The average Bonchev–Trinajstić information content (AvgIpc) is 2.75. The molecular formula is C15H27N3OS. The molecule has 1 heterocycles. The Kier molecular flexibility index (Phi) is 6.59. The first-order valence-corrected chi connectivity index (χ1v) is 8.30. The van der Waals surface area contributed by atoms with Crippen molar-refractivity contribution in [2.75, 3.05) is 5.32 Å². The van der Waals surface area contributed by atoms with E-state index in [4.69, 9.17) is 0 Å². The number of carbonyl (C=O) groups is 1. The molecular weight excluding hydrogens is 270 g/mol. The van der Waals surface area contributed by atoms with Crippen molar-refractivity contribution in [1.82, 2.24) is 10.2 Å². The van der Waals surface area contributed by atoms with Gasteiger partial charge in [0.05, 0.1) is 0 Å². The van der Waals surface area contributed by atoms with Gasteiger partial charge in [-0.2, -0.15) is 0 Å². The molecule has 0 bridgehead atoms. The summed E-state index contributed by atoms with van der Waals surface area (Å²) < 4.78 is 0. The first-order chi connectivity index (χ1) is 9.35. The zero-order chi connectivity index (χ0) is 15.2. The van der Waals surface area contributed by atoms with Crippen molar-refractivity contribution in [2.45, 2.75) is 66.7 Å². The fraction of sp³-hybridized carbons (Fsp3) is 0.800. The molecule has 20 heavy (non-hydrogen) atoms. The van der Waals surface area contributed by atoms with Crippen molar-refractivity contribution in [2.24, 2.45) is 11.3 Å². The van der Waals surface area contributed by atoms with E-state index in [1.807, 2.05) is 0 Å². The van der Waals surface area contributed by atoms with Gasteiger partial charge < -0.3 is 5.32 Å². The molecule has 114 valence electrons. The number of nitrogens with zero attached hydrogens (tertiary/aromatic N) is 2. The Bertz CT molecular complexity index is 423. The van der Waals surface area contributed by atoms with Crippen LogP contribution in [0.3, 0.4) is 0 Å². The zero-order valence-corrected chi connectivity index (χ0v) is 14.1. The number of unbranched alkanes of at least 4 members (excludes halogenated alkanes) is 1. The fourth-order valence-electron chi connectivity index (χ4n) is 2.01. The van der Waals surface area contributed by atoms with Gasteiger partial charge in [0.25, 0.3) is 0 Å². The van der Waals surface area contributed by atoms with Crippen molar-refractivity contribution >= 4 is 22.4 Å². The van der Waals surface area contributed by atoms with Crippen LogP contribution in [0.2, 0.25) is 0 Å². The third kappa shape index (κ3) is 5.99. The summed E-state index contributed by atoms with van der Waals surface area (Å²) in [5, 5.41) is 12.8. The smallest absolute Gasteiger partial charge is 0.229 e. The van der Waals surface area contributed by atoms with Gasteiger partial charge >= 0.3 is 0 Å². The molecule has 0 aliphatic heterocycles. The van der Waals surface area contributed by atoms with Crippen LogP contribution in [0.1, 0.15) is 65.3 Å². The Morgan fingerprint density at radius 1 is 1.30 bits per heavy atom. The Hall–Kier alpha value is -0.970. The largest absolute Gasteiger partial charge is 0.300 e. The van der Waals surface area contributed by atoms with Crippen molar-refractivity contribution in [3.8, 4) is 0 Å². The van der Waals surface area contributed by atoms with Gasteiger partial charge in [0.1, 0.15) is 5.01 Å². The SMILES string of the molecule is CCCC[C@H](CC)C(=O)Nc1nnc(CC(C)(C)C)s1. The molecule has 0 aliphatic rings. The van der Waals surface area contributed by atoms with Gasteiger partial charge in [-0.25, -0.2) is 0 Å². The number of rotatable bonds is 7. The highest BCUT2D eigenvalue weighted by molar-refractivity contribution is 7.15. The Morgan fingerprint density at radius 2 is 2.00 bits per heavy atom. The van der Waals surface area contributed by atoms with Crippen LogP contribution in [0.5, 0.6) is 0 Å². The van der Waals surface area contributed by atoms with E-state index in [1.165, 1.54) is 11.3 Å². The second-order valence-electron chi connectivity index (χ2n) is 6.48. The van der Waals surface area contributed by atoms with Gasteiger partial charge in [0, 0.05) is 12.3 Å². The van der Waals surface area contributed by atoms with E-state index in [2.05, 4.69) is 50.1 Å². The van der Waals surface area contributed by atoms with Gasteiger partial charge in [-0.3, -0.25) is 4.79 Å². The predicted molar refractivity (Wildman–Crippen MR) is 85.0 cm³/mol. The van der Waals surface area contributed by atoms with Crippen molar-refractivity contribution in [3.05, 3.63) is 5.01 Å². The molecule has 0 aromatic carbocycles. The molecule has 0 saturated heterocycles. The Balaban J connectivity index is 2.57. The predicted octanol–water partition coefficient (Wildman–Crippen LogP) is 4.28. The standard InChI is InChI=1S/C15H27N3OS/c1-6-8-9-11(7-2)13(19)16-14-18-17-12(20-14)10-15(3,4)5/h11H,6-10H2,1-5H3,(H,16,18,19)/t11-/m0/s1. The third-order valence-electron chi connectivity index (χ3n) is 3.15. The fourth-order valence-corrected chi connectivity index (χ4v) is 3.05. The van der Waals surface area contributed by atoms with Crippen LogP contribution < -0.4 is 5.32 Å². The molecule has 5 heteroatoms. The second kappa shape index (κ2) is 7.72. The second-order valence-corrected chi connectivity index (χ2v) is 7.54. The lowest BCUT2D eigenvalue weighted by Gasteiger charge is -2.15. The first-order valence-electron chi connectivity index (χ1n) is 7.49. The van der Waals surface area contributed by atoms with Gasteiger partial charge in [0.15, 0.2) is 0 Å². The number of hydrogen-bond donors (Lipinski definition) is 1. The van der Waals surface area contributed by atoms with Crippen molar-refractivity contribution in [1.29, 1.82) is 0 Å². The highest BCUT2D eigenvalue weighted by Crippen LogP contribution is 2.25. The van der Waals surface area contributed by atoms with Crippen LogP contribution in [-0.4, -0.2) is 16.1 Å². The highest BCUT2D eigenvalue weighted by Gasteiger charge is 2.19. The molecule has 0 aliphatic carbocycles. The summed E-state index contributed by atoms with van der Waals surface area (Å²) in [6.45, 7) is 10.7. The molecule has 0 fully saturated rings. The van der Waals surface area contributed by atoms with Crippen LogP contribution in [0.15, 0.2) is 0 Å². The van der Waals surface area contributed by atoms with Gasteiger partial charge in [0.2, 0.25) is 11.0 Å². The van der Waals surface area contributed by atoms with Crippen LogP contribution in [0.25, 0.3) is 0 Å². The summed E-state index contributed by atoms with van der Waals surface area (Å²) in [6, 6.07) is 0. The summed E-state index contributed by atoms with van der Waals surface area (Å²) in [6.07, 6.45) is 4.93. The quantitative estimate of drug-likeness (QED) is 0.817. The number of hydrogen-bond acceptors (Lipinski definition) is 4. The van der Waals surface area contributed by atoms with Gasteiger partial charge in [-0.1, -0.05) is 58.8 Å². The van der Waals surface area contributed by atoms with E-state index < -0.39 is 0 Å². The van der Waals surface area contributed by atoms with Crippen LogP contribution in [-0.2, 0) is 11.2 Å². The molecule has 1 aromatic rings. The molecule has 0 radical (unpaired) electrons. The minimum absolute atomic E-state index is 0.0828. The maximum Gasteiger partial charge on any atom is 0.229 e. The molecule has 1 atom stereocenters. The monoisotopic (exact) mass is 297 g/mol. The van der Waals surface area contributed by atoms with Crippen molar-refractivity contribution in [3.63, 3.8) is 0 Å². The van der Waals surface area contributed by atoms with Crippen molar-refractivity contribution < 1.29 is 4.79 Å². The number of nitrogens with one attached hydrogen (secondary N) is 1. The maximum absolute atomic E-state index is 12.2. The number of carbonyl (C=O) groups excluding carboxylic acids is 1. The summed E-state index contributed by atoms with van der Waals surface area (Å²) >= 11 is 1.49. The van der Waals surface area contributed by atoms with Gasteiger partial charge in [-0.05, 0) is 18.3 Å². The third-order valence-corrected chi connectivity index (χ3v) is 3.99. The lowest BCUT2D eigenvalue weighted by molar-refractivity contribution is -0.120. The molecule has 1 aromatic heterocycles. The lowest BCUT2D eigenvalue weighted by Crippen LogP contribution is -2.22. The number of anilines is 1. The zero-order valence-electron chi connectivity index (χ0n) is 13.3. The summed E-state index contributed by atoms with van der Waals surface area (Å²) in [4.78, 5) is 12.2. The highest BCUT2D eigenvalue weighted by atomic mass is 32.1. The Morgan fingerprint density at radius 3 is 2.55 bits per heavy atom. The molecule has 0 saturated carbocycles. The molecule has 4 nitrogen and oxygen atoms in total. The van der Waals surface area contributed by atoms with Crippen LogP contribution >= 0.6 is 11.3 Å². The average molecular weight is 297 g/mol. The van der Waals surface area contributed by atoms with Crippen LogP contribution in [0.4, 0.5) is 5.13 Å². The first kappa shape index (κ1) is 17.1. The summed E-state index contributed by atoms with van der Waals surface area (Å²) in [7, 11) is 0. The normalized spacial score (nSPS) is 13.2. The molecule has 1 rings (SSSR count). The summed E-state index contributed by atoms with van der Waals surface area (Å²) in [5.74, 6) is 0.171. The molecule has 1 N–H and O–H groups in total. The van der Waals surface area contributed by atoms with E-state index in [0.717, 1.165) is 37.1 Å². The van der Waals surface area contributed by atoms with E-state index in [9.17, 15) is 4.79 Å². The van der Waals surface area contributed by atoms with E-state index in [1.54, 1.807) is 0 Å². The topological polar surface area (TPSA) is 54.9 Å². The molecule has 0 spiro atoms. The maximum atomic E-state index is 12.2.